The minimum absolute atomic E-state index is 0.113. The Balaban J connectivity index is 2.53. The van der Waals surface area contributed by atoms with Crippen LogP contribution in [0.1, 0.15) is 26.5 Å². The van der Waals surface area contributed by atoms with Gasteiger partial charge in [-0.1, -0.05) is 32.4 Å². The third-order valence-electron chi connectivity index (χ3n) is 2.54. The molecule has 6 heteroatoms. The maximum absolute atomic E-state index is 6.05. The van der Waals surface area contributed by atoms with Gasteiger partial charge in [-0.25, -0.2) is 19.9 Å². The summed E-state index contributed by atoms with van der Waals surface area (Å²) in [5.74, 6) is 0.934. The van der Waals surface area contributed by atoms with E-state index in [-0.39, 0.29) is 5.41 Å². The SMILES string of the molecule is COc1cc(-c2nc(Cl)cc(C(C)(C)C)n2)ncn1. The van der Waals surface area contributed by atoms with Gasteiger partial charge in [0.15, 0.2) is 5.82 Å². The first-order valence-electron chi connectivity index (χ1n) is 5.81. The molecule has 2 rings (SSSR count). The van der Waals surface area contributed by atoms with Crippen LogP contribution in [-0.2, 0) is 5.41 Å². The zero-order valence-electron chi connectivity index (χ0n) is 11.3. The molecule has 19 heavy (non-hydrogen) atoms. The lowest BCUT2D eigenvalue weighted by Crippen LogP contribution is -2.14. The van der Waals surface area contributed by atoms with Crippen LogP contribution in [0.5, 0.6) is 5.88 Å². The molecule has 0 saturated heterocycles. The van der Waals surface area contributed by atoms with Gasteiger partial charge in [-0.2, -0.15) is 0 Å². The highest BCUT2D eigenvalue weighted by Crippen LogP contribution is 2.25. The van der Waals surface area contributed by atoms with E-state index in [1.807, 2.05) is 0 Å². The van der Waals surface area contributed by atoms with E-state index in [0.29, 0.717) is 22.6 Å². The van der Waals surface area contributed by atoms with Crippen LogP contribution in [0.4, 0.5) is 0 Å². The molecular formula is C13H15ClN4O. The summed E-state index contributed by atoms with van der Waals surface area (Å²) in [6.07, 6.45) is 1.41. The molecule has 0 spiro atoms. The summed E-state index contributed by atoms with van der Waals surface area (Å²) in [6, 6.07) is 3.45. The van der Waals surface area contributed by atoms with Crippen molar-refractivity contribution in [3.63, 3.8) is 0 Å². The van der Waals surface area contributed by atoms with Gasteiger partial charge < -0.3 is 4.74 Å². The summed E-state index contributed by atoms with van der Waals surface area (Å²) in [5, 5.41) is 0.396. The second kappa shape index (κ2) is 5.09. The Morgan fingerprint density at radius 3 is 2.47 bits per heavy atom. The molecule has 100 valence electrons. The first kappa shape index (κ1) is 13.7. The Kier molecular flexibility index (Phi) is 3.66. The van der Waals surface area contributed by atoms with Crippen molar-refractivity contribution in [1.82, 2.24) is 19.9 Å². The molecule has 0 radical (unpaired) electrons. The maximum atomic E-state index is 6.05. The largest absolute Gasteiger partial charge is 0.481 e. The lowest BCUT2D eigenvalue weighted by molar-refractivity contribution is 0.397. The van der Waals surface area contributed by atoms with Crippen molar-refractivity contribution in [3.8, 4) is 17.4 Å². The number of hydrogen-bond donors (Lipinski definition) is 0. The smallest absolute Gasteiger partial charge is 0.216 e. The molecule has 0 N–H and O–H groups in total. The third kappa shape index (κ3) is 3.17. The predicted octanol–water partition coefficient (Wildman–Crippen LogP) is 2.89. The van der Waals surface area contributed by atoms with Gasteiger partial charge >= 0.3 is 0 Å². The van der Waals surface area contributed by atoms with E-state index < -0.39 is 0 Å². The standard InChI is InChI=1S/C13H15ClN4O/c1-13(2,3)9-6-10(14)18-12(17-9)8-5-11(19-4)16-7-15-8/h5-7H,1-4H3. The molecule has 0 aliphatic carbocycles. The Hall–Kier alpha value is -1.75. The van der Waals surface area contributed by atoms with Crippen LogP contribution in [0.2, 0.25) is 5.15 Å². The lowest BCUT2D eigenvalue weighted by Gasteiger charge is -2.18. The first-order chi connectivity index (χ1) is 8.90. The summed E-state index contributed by atoms with van der Waals surface area (Å²) in [6.45, 7) is 6.20. The van der Waals surface area contributed by atoms with E-state index in [9.17, 15) is 0 Å². The molecule has 2 aromatic heterocycles. The van der Waals surface area contributed by atoms with Crippen LogP contribution < -0.4 is 4.74 Å². The van der Waals surface area contributed by atoms with E-state index >= 15 is 0 Å². The minimum atomic E-state index is -0.113. The molecule has 0 atom stereocenters. The molecule has 0 aromatic carbocycles. The van der Waals surface area contributed by atoms with Gasteiger partial charge in [-0.15, -0.1) is 0 Å². The normalized spacial score (nSPS) is 11.4. The Morgan fingerprint density at radius 1 is 1.11 bits per heavy atom. The summed E-state index contributed by atoms with van der Waals surface area (Å²) in [4.78, 5) is 16.8. The fraction of sp³-hybridized carbons (Fsp3) is 0.385. The zero-order valence-corrected chi connectivity index (χ0v) is 12.1. The predicted molar refractivity (Wildman–Crippen MR) is 73.3 cm³/mol. The molecule has 0 aliphatic rings. The maximum Gasteiger partial charge on any atom is 0.216 e. The van der Waals surface area contributed by atoms with E-state index in [1.165, 1.54) is 6.33 Å². The van der Waals surface area contributed by atoms with Crippen molar-refractivity contribution in [3.05, 3.63) is 29.3 Å². The van der Waals surface area contributed by atoms with Gasteiger partial charge in [0.1, 0.15) is 17.2 Å². The number of nitrogens with zero attached hydrogens (tertiary/aromatic N) is 4. The van der Waals surface area contributed by atoms with Crippen LogP contribution >= 0.6 is 11.6 Å². The lowest BCUT2D eigenvalue weighted by atomic mass is 9.92. The number of methoxy groups -OCH3 is 1. The van der Waals surface area contributed by atoms with Crippen molar-refractivity contribution in [2.24, 2.45) is 0 Å². The molecule has 0 fully saturated rings. The van der Waals surface area contributed by atoms with Gasteiger partial charge in [0, 0.05) is 11.5 Å². The first-order valence-corrected chi connectivity index (χ1v) is 6.19. The van der Waals surface area contributed by atoms with Crippen LogP contribution in [0.25, 0.3) is 11.5 Å². The number of rotatable bonds is 2. The number of ether oxygens (including phenoxy) is 1. The summed E-state index contributed by atoms with van der Waals surface area (Å²) in [5.41, 5.74) is 1.33. The summed E-state index contributed by atoms with van der Waals surface area (Å²) >= 11 is 6.05. The van der Waals surface area contributed by atoms with Crippen molar-refractivity contribution < 1.29 is 4.74 Å². The highest BCUT2D eigenvalue weighted by atomic mass is 35.5. The third-order valence-corrected chi connectivity index (χ3v) is 2.74. The highest BCUT2D eigenvalue weighted by Gasteiger charge is 2.18. The number of halogens is 1. The molecule has 5 nitrogen and oxygen atoms in total. The topological polar surface area (TPSA) is 60.8 Å². The Labute approximate surface area is 117 Å². The molecule has 2 heterocycles. The number of hydrogen-bond acceptors (Lipinski definition) is 5. The van der Waals surface area contributed by atoms with Gasteiger partial charge in [0.05, 0.1) is 12.8 Å². The summed E-state index contributed by atoms with van der Waals surface area (Å²) in [7, 11) is 1.55. The van der Waals surface area contributed by atoms with Crippen LogP contribution in [0.15, 0.2) is 18.5 Å². The van der Waals surface area contributed by atoms with Crippen molar-refractivity contribution >= 4 is 11.6 Å². The van der Waals surface area contributed by atoms with Crippen molar-refractivity contribution in [1.29, 1.82) is 0 Å². The zero-order chi connectivity index (χ0) is 14.0. The Morgan fingerprint density at radius 2 is 1.84 bits per heavy atom. The fourth-order valence-corrected chi connectivity index (χ4v) is 1.67. The average molecular weight is 279 g/mol. The second-order valence-electron chi connectivity index (χ2n) is 5.10. The molecule has 2 aromatic rings. The van der Waals surface area contributed by atoms with E-state index in [2.05, 4.69) is 40.7 Å². The van der Waals surface area contributed by atoms with Crippen LogP contribution in [0, 0.1) is 0 Å². The van der Waals surface area contributed by atoms with E-state index in [1.54, 1.807) is 19.2 Å². The van der Waals surface area contributed by atoms with E-state index in [4.69, 9.17) is 16.3 Å². The van der Waals surface area contributed by atoms with Gasteiger partial charge in [0.2, 0.25) is 5.88 Å². The fourth-order valence-electron chi connectivity index (χ4n) is 1.49. The minimum Gasteiger partial charge on any atom is -0.481 e. The summed E-state index contributed by atoms with van der Waals surface area (Å²) < 4.78 is 5.06. The van der Waals surface area contributed by atoms with E-state index in [0.717, 1.165) is 5.69 Å². The molecule has 0 saturated carbocycles. The van der Waals surface area contributed by atoms with Crippen LogP contribution in [0.3, 0.4) is 0 Å². The molecule has 0 unspecified atom stereocenters. The van der Waals surface area contributed by atoms with Gasteiger partial charge in [-0.3, -0.25) is 0 Å². The molecule has 0 bridgehead atoms. The number of aromatic nitrogens is 4. The van der Waals surface area contributed by atoms with Crippen LogP contribution in [-0.4, -0.2) is 27.0 Å². The van der Waals surface area contributed by atoms with Gasteiger partial charge in [0.25, 0.3) is 0 Å². The second-order valence-corrected chi connectivity index (χ2v) is 5.48. The Bertz CT molecular complexity index is 595. The van der Waals surface area contributed by atoms with Gasteiger partial charge in [-0.05, 0) is 6.07 Å². The average Bonchev–Trinajstić information content (AvgIpc) is 2.37. The van der Waals surface area contributed by atoms with Crippen molar-refractivity contribution in [2.75, 3.05) is 7.11 Å². The van der Waals surface area contributed by atoms with Crippen molar-refractivity contribution in [2.45, 2.75) is 26.2 Å². The quantitative estimate of drug-likeness (QED) is 0.791. The molecular weight excluding hydrogens is 264 g/mol. The highest BCUT2D eigenvalue weighted by molar-refractivity contribution is 6.29. The molecule has 0 amide bonds. The monoisotopic (exact) mass is 278 g/mol. The molecule has 0 aliphatic heterocycles.